The summed E-state index contributed by atoms with van der Waals surface area (Å²) in [6.07, 6.45) is 6.38. The Kier molecular flexibility index (Phi) is 5.42. The number of rotatable bonds is 5. The Labute approximate surface area is 198 Å². The van der Waals surface area contributed by atoms with E-state index in [-0.39, 0.29) is 35.5 Å². The topological polar surface area (TPSA) is 88.4 Å². The highest BCUT2D eigenvalue weighted by atomic mass is 16.5. The highest BCUT2D eigenvalue weighted by Gasteiger charge is 2.43. The predicted molar refractivity (Wildman–Crippen MR) is 127 cm³/mol. The summed E-state index contributed by atoms with van der Waals surface area (Å²) in [5.74, 6) is 0.308. The first-order chi connectivity index (χ1) is 16.3. The van der Waals surface area contributed by atoms with Gasteiger partial charge in [0.05, 0.1) is 30.8 Å². The zero-order valence-corrected chi connectivity index (χ0v) is 19.6. The molecular formula is C27H28N2O5. The number of hydrogen-bond donors (Lipinski definition) is 1. The fourth-order valence-electron chi connectivity index (χ4n) is 5.16. The van der Waals surface area contributed by atoms with Crippen molar-refractivity contribution in [1.29, 1.82) is 0 Å². The van der Waals surface area contributed by atoms with Gasteiger partial charge < -0.3 is 14.6 Å². The van der Waals surface area contributed by atoms with Gasteiger partial charge in [0.1, 0.15) is 5.60 Å². The number of carboxylic acids is 1. The minimum atomic E-state index is -0.976. The highest BCUT2D eigenvalue weighted by Crippen LogP contribution is 2.46. The molecule has 5 rings (SSSR count). The molecular weight excluding hydrogens is 432 g/mol. The molecule has 176 valence electrons. The predicted octanol–water partition coefficient (Wildman–Crippen LogP) is 4.44. The molecule has 0 radical (unpaired) electrons. The molecule has 0 aromatic heterocycles. The lowest BCUT2D eigenvalue weighted by Gasteiger charge is -2.37. The summed E-state index contributed by atoms with van der Waals surface area (Å²) < 4.78 is 11.8. The highest BCUT2D eigenvalue weighted by molar-refractivity contribution is 6.08. The number of benzene rings is 2. The summed E-state index contributed by atoms with van der Waals surface area (Å²) in [6, 6.07) is 10.5. The van der Waals surface area contributed by atoms with Crippen LogP contribution in [0.5, 0.6) is 11.5 Å². The van der Waals surface area contributed by atoms with Gasteiger partial charge in [-0.3, -0.25) is 4.79 Å². The second-order valence-electron chi connectivity index (χ2n) is 9.70. The van der Waals surface area contributed by atoms with E-state index in [0.717, 1.165) is 41.0 Å². The normalized spacial score (nSPS) is 22.5. The minimum absolute atomic E-state index is 0.00199. The quantitative estimate of drug-likeness (QED) is 0.667. The van der Waals surface area contributed by atoms with E-state index in [0.29, 0.717) is 12.2 Å². The number of fused-ring (bicyclic) bond motifs is 2. The molecule has 1 aliphatic carbocycles. The number of carbonyl (C=O) groups is 2. The van der Waals surface area contributed by atoms with Crippen LogP contribution < -0.4 is 9.47 Å². The molecule has 2 atom stereocenters. The van der Waals surface area contributed by atoms with Crippen molar-refractivity contribution in [2.45, 2.75) is 45.3 Å². The van der Waals surface area contributed by atoms with Crippen molar-refractivity contribution in [1.82, 2.24) is 5.01 Å². The second-order valence-corrected chi connectivity index (χ2v) is 9.70. The molecule has 1 amide bonds. The molecule has 0 unspecified atom stereocenters. The van der Waals surface area contributed by atoms with Gasteiger partial charge in [0, 0.05) is 23.5 Å². The molecule has 2 aromatic carbocycles. The van der Waals surface area contributed by atoms with E-state index < -0.39 is 5.97 Å². The van der Waals surface area contributed by atoms with E-state index in [1.54, 1.807) is 36.4 Å². The molecule has 2 aromatic rings. The van der Waals surface area contributed by atoms with Gasteiger partial charge in [0.2, 0.25) is 5.91 Å². The molecule has 3 aliphatic rings. The first-order valence-corrected chi connectivity index (χ1v) is 11.5. The zero-order valence-electron chi connectivity index (χ0n) is 19.6. The third kappa shape index (κ3) is 3.85. The van der Waals surface area contributed by atoms with Crippen molar-refractivity contribution in [3.8, 4) is 11.5 Å². The van der Waals surface area contributed by atoms with Gasteiger partial charge in [0.25, 0.3) is 0 Å². The molecule has 2 heterocycles. The van der Waals surface area contributed by atoms with Crippen LogP contribution >= 0.6 is 0 Å². The number of nitrogens with zero attached hydrogens (tertiary/aromatic N) is 2. The molecule has 2 aliphatic heterocycles. The Bertz CT molecular complexity index is 1210. The van der Waals surface area contributed by atoms with E-state index >= 15 is 0 Å². The van der Waals surface area contributed by atoms with Gasteiger partial charge in [-0.25, -0.2) is 9.80 Å². The summed E-state index contributed by atoms with van der Waals surface area (Å²) in [5.41, 5.74) is 3.66. The van der Waals surface area contributed by atoms with Crippen LogP contribution in [0.2, 0.25) is 0 Å². The minimum Gasteiger partial charge on any atom is -0.493 e. The van der Waals surface area contributed by atoms with E-state index in [2.05, 4.69) is 26.0 Å². The molecule has 0 fully saturated rings. The lowest BCUT2D eigenvalue weighted by molar-refractivity contribution is -0.138. The molecule has 0 saturated carbocycles. The third-order valence-corrected chi connectivity index (χ3v) is 6.82. The van der Waals surface area contributed by atoms with Gasteiger partial charge in [-0.1, -0.05) is 24.3 Å². The first kappa shape index (κ1) is 22.2. The SMILES string of the molecule is COc1ccc(C2=NN(Cc3ccc(C(=O)O)cc3)C(=O)[C@@H]3CC=CC[C@H]23)c2c1OC(C)(C)C2. The van der Waals surface area contributed by atoms with Gasteiger partial charge in [-0.2, -0.15) is 5.10 Å². The summed E-state index contributed by atoms with van der Waals surface area (Å²) in [5, 5.41) is 15.6. The molecule has 0 spiro atoms. The van der Waals surface area contributed by atoms with Crippen molar-refractivity contribution in [3.05, 3.63) is 70.8 Å². The molecule has 7 heteroatoms. The molecule has 7 nitrogen and oxygen atoms in total. The Morgan fingerprint density at radius 3 is 2.53 bits per heavy atom. The average Bonchev–Trinajstić information content (AvgIpc) is 3.16. The summed E-state index contributed by atoms with van der Waals surface area (Å²) in [4.78, 5) is 24.6. The van der Waals surface area contributed by atoms with Gasteiger partial charge in [0.15, 0.2) is 11.5 Å². The van der Waals surface area contributed by atoms with Crippen LogP contribution in [0.25, 0.3) is 0 Å². The number of ether oxygens (including phenoxy) is 2. The maximum atomic E-state index is 13.4. The van der Waals surface area contributed by atoms with Crippen molar-refractivity contribution >= 4 is 17.6 Å². The van der Waals surface area contributed by atoms with E-state index in [4.69, 9.17) is 19.7 Å². The number of carboxylic acid groups (broad SMARTS) is 1. The van der Waals surface area contributed by atoms with Crippen LogP contribution in [-0.2, 0) is 17.8 Å². The Balaban J connectivity index is 1.56. The smallest absolute Gasteiger partial charge is 0.335 e. The zero-order chi connectivity index (χ0) is 24.0. The van der Waals surface area contributed by atoms with Crippen molar-refractivity contribution < 1.29 is 24.2 Å². The lowest BCUT2D eigenvalue weighted by Crippen LogP contribution is -2.45. The average molecular weight is 461 g/mol. The number of hydrogen-bond acceptors (Lipinski definition) is 5. The molecule has 0 bridgehead atoms. The summed E-state index contributed by atoms with van der Waals surface area (Å²) >= 11 is 0. The molecule has 34 heavy (non-hydrogen) atoms. The molecule has 0 saturated heterocycles. The summed E-state index contributed by atoms with van der Waals surface area (Å²) in [7, 11) is 1.64. The fraction of sp³-hybridized carbons (Fsp3) is 0.370. The lowest BCUT2D eigenvalue weighted by atomic mass is 9.75. The number of allylic oxidation sites excluding steroid dienone is 2. The standard InChI is InChI=1S/C27H28N2O5/c1-27(2)14-21-19(12-13-22(33-3)24(21)34-27)23-18-6-4-5-7-20(18)25(30)29(28-23)15-16-8-10-17(11-9-16)26(31)32/h4-5,8-13,18,20H,6-7,14-15H2,1-3H3,(H,31,32)/t18-,20+/m0/s1. The Morgan fingerprint density at radius 2 is 1.85 bits per heavy atom. The third-order valence-electron chi connectivity index (χ3n) is 6.82. The van der Waals surface area contributed by atoms with Gasteiger partial charge >= 0.3 is 5.97 Å². The van der Waals surface area contributed by atoms with Crippen LogP contribution in [0.1, 0.15) is 53.7 Å². The van der Waals surface area contributed by atoms with Crippen LogP contribution in [-0.4, -0.2) is 40.4 Å². The van der Waals surface area contributed by atoms with Crippen molar-refractivity contribution in [3.63, 3.8) is 0 Å². The van der Waals surface area contributed by atoms with Crippen LogP contribution in [0.4, 0.5) is 0 Å². The van der Waals surface area contributed by atoms with Crippen molar-refractivity contribution in [2.75, 3.05) is 7.11 Å². The number of methoxy groups -OCH3 is 1. The maximum absolute atomic E-state index is 13.4. The van der Waals surface area contributed by atoms with Crippen molar-refractivity contribution in [2.24, 2.45) is 16.9 Å². The van der Waals surface area contributed by atoms with E-state index in [1.165, 1.54) is 0 Å². The van der Waals surface area contributed by atoms with Crippen LogP contribution in [0.15, 0.2) is 53.7 Å². The monoisotopic (exact) mass is 460 g/mol. The largest absolute Gasteiger partial charge is 0.493 e. The summed E-state index contributed by atoms with van der Waals surface area (Å²) in [6.45, 7) is 4.40. The Morgan fingerprint density at radius 1 is 1.15 bits per heavy atom. The second kappa shape index (κ2) is 8.31. The maximum Gasteiger partial charge on any atom is 0.335 e. The number of carbonyl (C=O) groups excluding carboxylic acids is 1. The number of aromatic carboxylic acids is 1. The fourth-order valence-corrected chi connectivity index (χ4v) is 5.16. The van der Waals surface area contributed by atoms with Gasteiger partial charge in [-0.05, 0) is 56.5 Å². The Hall–Kier alpha value is -3.61. The van der Waals surface area contributed by atoms with E-state index in [1.807, 2.05) is 12.1 Å². The first-order valence-electron chi connectivity index (χ1n) is 11.5. The van der Waals surface area contributed by atoms with Gasteiger partial charge in [-0.15, -0.1) is 0 Å². The number of hydrazone groups is 1. The molecule has 1 N–H and O–H groups in total. The van der Waals surface area contributed by atoms with Crippen LogP contribution in [0, 0.1) is 11.8 Å². The van der Waals surface area contributed by atoms with E-state index in [9.17, 15) is 9.59 Å². The van der Waals surface area contributed by atoms with Crippen LogP contribution in [0.3, 0.4) is 0 Å². The number of amides is 1.